The molecule has 5 nitrogen and oxygen atoms in total. The molecule has 1 aromatic heterocycles. The van der Waals surface area contributed by atoms with E-state index in [9.17, 15) is 9.59 Å². The van der Waals surface area contributed by atoms with Gasteiger partial charge in [0.15, 0.2) is 0 Å². The summed E-state index contributed by atoms with van der Waals surface area (Å²) in [6.07, 6.45) is 8.07. The number of pyridine rings is 1. The minimum atomic E-state index is -0.849. The van der Waals surface area contributed by atoms with Crippen LogP contribution in [-0.4, -0.2) is 22.8 Å². The van der Waals surface area contributed by atoms with E-state index >= 15 is 0 Å². The number of nitrogens with zero attached hydrogens (tertiary/aromatic N) is 1. The van der Waals surface area contributed by atoms with Gasteiger partial charge < -0.3 is 11.1 Å². The van der Waals surface area contributed by atoms with Crippen LogP contribution in [-0.2, 0) is 4.79 Å². The van der Waals surface area contributed by atoms with E-state index in [0.717, 1.165) is 0 Å². The van der Waals surface area contributed by atoms with E-state index in [1.807, 2.05) is 0 Å². The van der Waals surface area contributed by atoms with Gasteiger partial charge in [-0.3, -0.25) is 14.6 Å². The number of hydrogen-bond donors (Lipinski definition) is 2. The molecule has 0 saturated carbocycles. The molecule has 0 aliphatic rings. The molecular formula is C11H11N3O2. The molecule has 16 heavy (non-hydrogen) atoms. The largest absolute Gasteiger partial charge is 0.368 e. The number of amides is 2. The van der Waals surface area contributed by atoms with Gasteiger partial charge in [0.25, 0.3) is 5.91 Å². The summed E-state index contributed by atoms with van der Waals surface area (Å²) in [6.45, 7) is 0. The van der Waals surface area contributed by atoms with E-state index in [1.54, 1.807) is 18.3 Å². The highest BCUT2D eigenvalue weighted by Crippen LogP contribution is 1.98. The van der Waals surface area contributed by atoms with Crippen LogP contribution >= 0.6 is 0 Å². The van der Waals surface area contributed by atoms with Crippen molar-refractivity contribution in [3.05, 3.63) is 30.1 Å². The zero-order valence-corrected chi connectivity index (χ0v) is 8.51. The molecule has 1 aromatic rings. The van der Waals surface area contributed by atoms with Crippen LogP contribution in [0.25, 0.3) is 0 Å². The van der Waals surface area contributed by atoms with E-state index in [2.05, 4.69) is 16.2 Å². The number of carbonyl (C=O) groups excluding carboxylic acids is 2. The van der Waals surface area contributed by atoms with Gasteiger partial charge in [-0.1, -0.05) is 0 Å². The maximum absolute atomic E-state index is 11.6. The Morgan fingerprint density at radius 2 is 2.38 bits per heavy atom. The summed E-state index contributed by atoms with van der Waals surface area (Å²) in [5.74, 6) is 1.19. The second-order valence-electron chi connectivity index (χ2n) is 3.08. The summed E-state index contributed by atoms with van der Waals surface area (Å²) in [6, 6.07) is 2.35. The van der Waals surface area contributed by atoms with Crippen LogP contribution < -0.4 is 11.1 Å². The highest BCUT2D eigenvalue weighted by Gasteiger charge is 2.17. The number of primary amides is 1. The maximum Gasteiger partial charge on any atom is 0.253 e. The molecule has 0 radical (unpaired) electrons. The van der Waals surface area contributed by atoms with Crippen molar-refractivity contribution in [3.8, 4) is 12.3 Å². The van der Waals surface area contributed by atoms with Gasteiger partial charge in [0.2, 0.25) is 5.91 Å². The number of terminal acetylenes is 1. The van der Waals surface area contributed by atoms with Crippen molar-refractivity contribution in [2.75, 3.05) is 0 Å². The third-order valence-corrected chi connectivity index (χ3v) is 1.89. The number of nitrogens with two attached hydrogens (primary N) is 1. The van der Waals surface area contributed by atoms with Crippen LogP contribution in [0, 0.1) is 12.3 Å². The Morgan fingerprint density at radius 1 is 1.62 bits per heavy atom. The highest BCUT2D eigenvalue weighted by atomic mass is 16.2. The van der Waals surface area contributed by atoms with Gasteiger partial charge in [0, 0.05) is 18.8 Å². The monoisotopic (exact) mass is 217 g/mol. The number of aromatic nitrogens is 1. The van der Waals surface area contributed by atoms with Crippen molar-refractivity contribution in [1.82, 2.24) is 10.3 Å². The summed E-state index contributed by atoms with van der Waals surface area (Å²) in [5, 5.41) is 2.44. The van der Waals surface area contributed by atoms with Gasteiger partial charge in [0.1, 0.15) is 6.04 Å². The molecule has 0 spiro atoms. The van der Waals surface area contributed by atoms with Gasteiger partial charge in [-0.2, -0.15) is 0 Å². The van der Waals surface area contributed by atoms with E-state index in [-0.39, 0.29) is 6.42 Å². The molecule has 0 aliphatic carbocycles. The minimum Gasteiger partial charge on any atom is -0.368 e. The zero-order valence-electron chi connectivity index (χ0n) is 8.51. The average molecular weight is 217 g/mol. The Morgan fingerprint density at radius 3 is 2.88 bits per heavy atom. The predicted molar refractivity (Wildman–Crippen MR) is 58.1 cm³/mol. The standard InChI is InChI=1S/C11H11N3O2/c1-2-4-9(10(12)15)14-11(16)8-5-3-6-13-7-8/h1,3,5-7,9H,4H2,(H2,12,15)(H,14,16)/t9-/m1/s1. The van der Waals surface area contributed by atoms with Gasteiger partial charge in [-0.25, -0.2) is 0 Å². The second kappa shape index (κ2) is 5.51. The lowest BCUT2D eigenvalue weighted by atomic mass is 10.2. The molecule has 3 N–H and O–H groups in total. The number of hydrogen-bond acceptors (Lipinski definition) is 3. The molecule has 0 aliphatic heterocycles. The molecule has 0 saturated heterocycles. The highest BCUT2D eigenvalue weighted by molar-refractivity contribution is 5.97. The second-order valence-corrected chi connectivity index (χ2v) is 3.08. The first-order valence-electron chi connectivity index (χ1n) is 4.59. The molecule has 0 unspecified atom stereocenters. The van der Waals surface area contributed by atoms with E-state index in [4.69, 9.17) is 12.2 Å². The third-order valence-electron chi connectivity index (χ3n) is 1.89. The number of rotatable bonds is 4. The van der Waals surface area contributed by atoms with Gasteiger partial charge >= 0.3 is 0 Å². The van der Waals surface area contributed by atoms with Crippen LogP contribution in [0.2, 0.25) is 0 Å². The van der Waals surface area contributed by atoms with Crippen molar-refractivity contribution in [1.29, 1.82) is 0 Å². The van der Waals surface area contributed by atoms with Crippen molar-refractivity contribution in [3.63, 3.8) is 0 Å². The lowest BCUT2D eigenvalue weighted by Crippen LogP contribution is -2.44. The smallest absolute Gasteiger partial charge is 0.253 e. The Kier molecular flexibility index (Phi) is 4.04. The fourth-order valence-corrected chi connectivity index (χ4v) is 1.08. The van der Waals surface area contributed by atoms with Crippen LogP contribution in [0.5, 0.6) is 0 Å². The van der Waals surface area contributed by atoms with Crippen LogP contribution in [0.4, 0.5) is 0 Å². The topological polar surface area (TPSA) is 85.1 Å². The Labute approximate surface area is 93.1 Å². The first-order chi connectivity index (χ1) is 7.65. The van der Waals surface area contributed by atoms with Crippen LogP contribution in [0.1, 0.15) is 16.8 Å². The SMILES string of the molecule is C#CC[C@@H](NC(=O)c1cccnc1)C(N)=O. The van der Waals surface area contributed by atoms with Gasteiger partial charge in [-0.15, -0.1) is 12.3 Å². The fourth-order valence-electron chi connectivity index (χ4n) is 1.08. The number of carbonyl (C=O) groups is 2. The fraction of sp³-hybridized carbons (Fsp3) is 0.182. The first kappa shape index (κ1) is 11.7. The molecule has 1 heterocycles. The predicted octanol–water partition coefficient (Wildman–Crippen LogP) is -0.311. The Bertz CT molecular complexity index is 423. The summed E-state index contributed by atoms with van der Waals surface area (Å²) in [7, 11) is 0. The molecule has 1 rings (SSSR count). The van der Waals surface area contributed by atoms with Crippen LogP contribution in [0.3, 0.4) is 0 Å². The molecular weight excluding hydrogens is 206 g/mol. The zero-order chi connectivity index (χ0) is 12.0. The molecule has 2 amide bonds. The maximum atomic E-state index is 11.6. The van der Waals surface area contributed by atoms with Crippen LogP contribution in [0.15, 0.2) is 24.5 Å². The first-order valence-corrected chi connectivity index (χ1v) is 4.59. The van der Waals surface area contributed by atoms with Crippen molar-refractivity contribution < 1.29 is 9.59 Å². The Hall–Kier alpha value is -2.35. The van der Waals surface area contributed by atoms with E-state index in [0.29, 0.717) is 5.56 Å². The summed E-state index contributed by atoms with van der Waals surface area (Å²) in [5.41, 5.74) is 5.44. The normalized spacial score (nSPS) is 11.2. The van der Waals surface area contributed by atoms with E-state index < -0.39 is 17.9 Å². The van der Waals surface area contributed by atoms with Crippen molar-refractivity contribution >= 4 is 11.8 Å². The van der Waals surface area contributed by atoms with Gasteiger partial charge in [0.05, 0.1) is 5.56 Å². The molecule has 0 fully saturated rings. The molecule has 0 bridgehead atoms. The lowest BCUT2D eigenvalue weighted by molar-refractivity contribution is -0.119. The molecule has 82 valence electrons. The van der Waals surface area contributed by atoms with Gasteiger partial charge in [-0.05, 0) is 12.1 Å². The molecule has 5 heteroatoms. The van der Waals surface area contributed by atoms with Crippen molar-refractivity contribution in [2.24, 2.45) is 5.73 Å². The third kappa shape index (κ3) is 3.10. The van der Waals surface area contributed by atoms with E-state index in [1.165, 1.54) is 6.20 Å². The summed E-state index contributed by atoms with van der Waals surface area (Å²) >= 11 is 0. The number of nitrogens with one attached hydrogen (secondary N) is 1. The molecule has 1 atom stereocenters. The summed E-state index contributed by atoms with van der Waals surface area (Å²) in [4.78, 5) is 26.3. The molecule has 0 aromatic carbocycles. The lowest BCUT2D eigenvalue weighted by Gasteiger charge is -2.12. The Balaban J connectivity index is 2.70. The van der Waals surface area contributed by atoms with Crippen molar-refractivity contribution in [2.45, 2.75) is 12.5 Å². The average Bonchev–Trinajstić information content (AvgIpc) is 2.29. The quantitative estimate of drug-likeness (QED) is 0.678. The minimum absolute atomic E-state index is 0.0708. The summed E-state index contributed by atoms with van der Waals surface area (Å²) < 4.78 is 0.